The minimum atomic E-state index is -3.51. The molecule has 2 heterocycles. The first-order valence-corrected chi connectivity index (χ1v) is 11.7. The molecule has 0 saturated carbocycles. The van der Waals surface area contributed by atoms with Gasteiger partial charge in [-0.15, -0.1) is 12.4 Å². The van der Waals surface area contributed by atoms with Crippen molar-refractivity contribution in [3.63, 3.8) is 0 Å². The van der Waals surface area contributed by atoms with Crippen molar-refractivity contribution < 1.29 is 12.8 Å². The number of benzene rings is 2. The number of halogens is 2. The number of aryl methyl sites for hydroxylation is 1. The molecule has 0 atom stereocenters. The van der Waals surface area contributed by atoms with E-state index in [4.69, 9.17) is 0 Å². The zero-order valence-corrected chi connectivity index (χ0v) is 19.1. The first-order valence-electron chi connectivity index (χ1n) is 10.2. The average Bonchev–Trinajstić information content (AvgIpc) is 2.74. The van der Waals surface area contributed by atoms with E-state index in [0.29, 0.717) is 43.9 Å². The quantitative estimate of drug-likeness (QED) is 0.726. The minimum Gasteiger partial charge on any atom is -0.368 e. The number of hydrogen-bond acceptors (Lipinski definition) is 5. The fourth-order valence-corrected chi connectivity index (χ4v) is 5.58. The van der Waals surface area contributed by atoms with Crippen LogP contribution in [0.15, 0.2) is 58.4 Å². The van der Waals surface area contributed by atoms with Crippen molar-refractivity contribution in [1.82, 2.24) is 14.9 Å². The number of hydrogen-bond donors (Lipinski definition) is 2. The van der Waals surface area contributed by atoms with Crippen molar-refractivity contribution in [2.75, 3.05) is 26.2 Å². The highest BCUT2D eigenvalue weighted by atomic mass is 35.5. The Morgan fingerprint density at radius 2 is 1.87 bits per heavy atom. The van der Waals surface area contributed by atoms with Crippen LogP contribution in [-0.4, -0.2) is 50.3 Å². The van der Waals surface area contributed by atoms with Crippen LogP contribution in [0.5, 0.6) is 0 Å². The van der Waals surface area contributed by atoms with Crippen molar-refractivity contribution in [2.45, 2.75) is 36.7 Å². The van der Waals surface area contributed by atoms with E-state index in [-0.39, 0.29) is 23.8 Å². The number of amidine groups is 1. The summed E-state index contributed by atoms with van der Waals surface area (Å²) >= 11 is 0. The van der Waals surface area contributed by atoms with Crippen LogP contribution < -0.4 is 10.6 Å². The molecule has 2 aromatic carbocycles. The molecule has 0 aromatic heterocycles. The molecule has 6 nitrogen and oxygen atoms in total. The van der Waals surface area contributed by atoms with Gasteiger partial charge < -0.3 is 10.6 Å². The first-order chi connectivity index (χ1) is 14.4. The van der Waals surface area contributed by atoms with E-state index in [2.05, 4.69) is 15.6 Å². The first kappa shape index (κ1) is 23.7. The molecule has 9 heteroatoms. The van der Waals surface area contributed by atoms with Crippen molar-refractivity contribution in [3.05, 3.63) is 65.5 Å². The zero-order chi connectivity index (χ0) is 21.2. The highest BCUT2D eigenvalue weighted by Gasteiger charge is 2.43. The van der Waals surface area contributed by atoms with E-state index in [9.17, 15) is 12.8 Å². The Hall–Kier alpha value is -2.00. The molecule has 0 aliphatic carbocycles. The van der Waals surface area contributed by atoms with Crippen LogP contribution in [0.2, 0.25) is 0 Å². The standard InChI is InChI=1S/C22H27FN4O2S.ClH/c1-17-5-7-20(8-6-17)30(28,29)27-13-9-22(10-14-27)21(24-11-12-26-22)25-16-18-3-2-4-19(23)15-18;/h2-8,15,26H,9-14,16H2,1H3,(H,24,25);1H. The van der Waals surface area contributed by atoms with Crippen molar-refractivity contribution in [1.29, 1.82) is 0 Å². The topological polar surface area (TPSA) is 73.8 Å². The molecule has 1 spiro atoms. The maximum atomic E-state index is 13.5. The van der Waals surface area contributed by atoms with Crippen molar-refractivity contribution in [2.24, 2.45) is 4.99 Å². The minimum absolute atomic E-state index is 0. The van der Waals surface area contributed by atoms with Crippen LogP contribution in [0.3, 0.4) is 0 Å². The Bertz CT molecular complexity index is 1040. The van der Waals surface area contributed by atoms with Crippen LogP contribution >= 0.6 is 12.4 Å². The molecule has 2 aromatic rings. The maximum Gasteiger partial charge on any atom is 0.243 e. The molecule has 1 fully saturated rings. The maximum absolute atomic E-state index is 13.5. The van der Waals surface area contributed by atoms with Gasteiger partial charge in [0.2, 0.25) is 10.0 Å². The fourth-order valence-electron chi connectivity index (χ4n) is 4.14. The SMILES string of the molecule is Cc1ccc(S(=O)(=O)N2CCC3(CC2)NCCN=C3NCc2cccc(F)c2)cc1.Cl. The molecule has 4 rings (SSSR count). The third kappa shape index (κ3) is 5.09. The molecule has 0 bridgehead atoms. The van der Waals surface area contributed by atoms with E-state index >= 15 is 0 Å². The highest BCUT2D eigenvalue weighted by molar-refractivity contribution is 7.89. The lowest BCUT2D eigenvalue weighted by Crippen LogP contribution is -2.64. The summed E-state index contributed by atoms with van der Waals surface area (Å²) in [7, 11) is -3.51. The van der Waals surface area contributed by atoms with Crippen LogP contribution in [-0.2, 0) is 16.6 Å². The van der Waals surface area contributed by atoms with Gasteiger partial charge in [-0.1, -0.05) is 29.8 Å². The average molecular weight is 467 g/mol. The smallest absolute Gasteiger partial charge is 0.243 e. The largest absolute Gasteiger partial charge is 0.368 e. The summed E-state index contributed by atoms with van der Waals surface area (Å²) in [6.45, 7) is 4.68. The van der Waals surface area contributed by atoms with Gasteiger partial charge in [0.15, 0.2) is 0 Å². The van der Waals surface area contributed by atoms with Crippen LogP contribution in [0.1, 0.15) is 24.0 Å². The Morgan fingerprint density at radius 3 is 2.55 bits per heavy atom. The molecule has 0 amide bonds. The second-order valence-corrected chi connectivity index (χ2v) is 9.88. The monoisotopic (exact) mass is 466 g/mol. The third-order valence-electron chi connectivity index (χ3n) is 5.88. The third-order valence-corrected chi connectivity index (χ3v) is 7.79. The summed E-state index contributed by atoms with van der Waals surface area (Å²) < 4.78 is 41.1. The van der Waals surface area contributed by atoms with Crippen molar-refractivity contribution in [3.8, 4) is 0 Å². The van der Waals surface area contributed by atoms with E-state index in [1.165, 1.54) is 12.1 Å². The van der Waals surface area contributed by atoms with Gasteiger partial charge in [-0.3, -0.25) is 4.99 Å². The second kappa shape index (κ2) is 9.65. The molecule has 2 aliphatic heterocycles. The molecule has 0 radical (unpaired) electrons. The molecule has 2 N–H and O–H groups in total. The molecule has 1 saturated heterocycles. The predicted octanol–water partition coefficient (Wildman–Crippen LogP) is 2.87. The number of sulfonamides is 1. The Balaban J connectivity index is 0.00000272. The van der Waals surface area contributed by atoms with Gasteiger partial charge in [0.1, 0.15) is 11.7 Å². The molecule has 31 heavy (non-hydrogen) atoms. The van der Waals surface area contributed by atoms with Gasteiger partial charge in [-0.2, -0.15) is 4.31 Å². The van der Waals surface area contributed by atoms with E-state index in [1.54, 1.807) is 22.5 Å². The van der Waals surface area contributed by atoms with Crippen LogP contribution in [0.25, 0.3) is 0 Å². The molecular weight excluding hydrogens is 439 g/mol. The van der Waals surface area contributed by atoms with Crippen LogP contribution in [0, 0.1) is 12.7 Å². The molecule has 2 aliphatic rings. The number of nitrogens with zero attached hydrogens (tertiary/aromatic N) is 2. The lowest BCUT2D eigenvalue weighted by Gasteiger charge is -2.44. The number of piperidine rings is 1. The van der Waals surface area contributed by atoms with E-state index < -0.39 is 10.0 Å². The lowest BCUT2D eigenvalue weighted by atomic mass is 9.85. The Kier molecular flexibility index (Phi) is 7.36. The molecule has 168 valence electrons. The predicted molar refractivity (Wildman–Crippen MR) is 123 cm³/mol. The molecular formula is C22H28ClFN4O2S. The van der Waals surface area contributed by atoms with Crippen LogP contribution in [0.4, 0.5) is 4.39 Å². The highest BCUT2D eigenvalue weighted by Crippen LogP contribution is 2.29. The summed E-state index contributed by atoms with van der Waals surface area (Å²) in [5, 5.41) is 6.93. The zero-order valence-electron chi connectivity index (χ0n) is 17.5. The summed E-state index contributed by atoms with van der Waals surface area (Å²) in [5.74, 6) is 0.577. The van der Waals surface area contributed by atoms with Gasteiger partial charge >= 0.3 is 0 Å². The summed E-state index contributed by atoms with van der Waals surface area (Å²) in [5.41, 5.74) is 1.51. The van der Waals surface area contributed by atoms with E-state index in [1.807, 2.05) is 25.1 Å². The number of rotatable bonds is 4. The van der Waals surface area contributed by atoms with Gasteiger partial charge in [0.05, 0.1) is 17.0 Å². The van der Waals surface area contributed by atoms with E-state index in [0.717, 1.165) is 23.5 Å². The van der Waals surface area contributed by atoms with Gasteiger partial charge in [-0.05, 0) is 49.6 Å². The fraction of sp³-hybridized carbons (Fsp3) is 0.409. The summed E-state index contributed by atoms with van der Waals surface area (Å²) in [6, 6.07) is 13.5. The van der Waals surface area contributed by atoms with Gasteiger partial charge in [-0.25, -0.2) is 12.8 Å². The van der Waals surface area contributed by atoms with Crippen molar-refractivity contribution >= 4 is 28.3 Å². The Labute approximate surface area is 189 Å². The summed E-state index contributed by atoms with van der Waals surface area (Å²) in [6.07, 6.45) is 1.26. The molecule has 0 unspecified atom stereocenters. The van der Waals surface area contributed by atoms with Gasteiger partial charge in [0.25, 0.3) is 0 Å². The summed E-state index contributed by atoms with van der Waals surface area (Å²) in [4.78, 5) is 5.01. The number of aliphatic imine (C=N–C) groups is 1. The lowest BCUT2D eigenvalue weighted by molar-refractivity contribution is 0.241. The number of nitrogens with one attached hydrogen (secondary N) is 2. The normalized spacial score (nSPS) is 18.8. The Morgan fingerprint density at radius 1 is 1.16 bits per heavy atom. The second-order valence-electron chi connectivity index (χ2n) is 7.94. The van der Waals surface area contributed by atoms with Gasteiger partial charge in [0, 0.05) is 26.2 Å².